The van der Waals surface area contributed by atoms with Gasteiger partial charge in [0.15, 0.2) is 0 Å². The maximum atomic E-state index is 12.1. The van der Waals surface area contributed by atoms with Crippen LogP contribution in [0, 0.1) is 0 Å². The Morgan fingerprint density at radius 2 is 1.68 bits per heavy atom. The number of carbonyl (C=O) groups is 2. The van der Waals surface area contributed by atoms with Crippen LogP contribution < -0.4 is 0 Å². The van der Waals surface area contributed by atoms with Crippen LogP contribution in [0.1, 0.15) is 5.56 Å². The van der Waals surface area contributed by atoms with Crippen LogP contribution >= 0.6 is 30.1 Å². The van der Waals surface area contributed by atoms with Gasteiger partial charge in [0, 0.05) is 9.77 Å². The van der Waals surface area contributed by atoms with E-state index in [1.165, 1.54) is 25.0 Å². The van der Waals surface area contributed by atoms with Gasteiger partial charge in [0.1, 0.15) is 4.91 Å². The molecule has 22 heavy (non-hydrogen) atoms. The fourth-order valence-electron chi connectivity index (χ4n) is 2.02. The van der Waals surface area contributed by atoms with Crippen LogP contribution in [0.2, 0.25) is 0 Å². The number of rotatable bonds is 3. The Labute approximate surface area is 137 Å². The second-order valence-electron chi connectivity index (χ2n) is 4.33. The van der Waals surface area contributed by atoms with Crippen molar-refractivity contribution in [3.63, 3.8) is 0 Å². The van der Waals surface area contributed by atoms with Gasteiger partial charge in [-0.1, -0.05) is 49.7 Å². The molecule has 0 amide bonds. The van der Waals surface area contributed by atoms with Crippen LogP contribution in [0.25, 0.3) is 4.91 Å². The molecule has 1 unspecified atom stereocenters. The van der Waals surface area contributed by atoms with Gasteiger partial charge in [-0.3, -0.25) is 0 Å². The third-order valence-electron chi connectivity index (χ3n) is 3.06. The van der Waals surface area contributed by atoms with Gasteiger partial charge >= 0.3 is 11.9 Å². The van der Waals surface area contributed by atoms with Crippen molar-refractivity contribution in [2.75, 3.05) is 14.2 Å². The standard InChI is InChI=1S/C15H12O4S3/c1-18-14(16)12-11-8-10(9-6-4-3-5-7-9)20-22(11)21-13(12)15(17)19-2/h3-8H,1-2H3. The van der Waals surface area contributed by atoms with Gasteiger partial charge in [0.05, 0.1) is 19.8 Å². The number of carbonyl (C=O) groups excluding carboxylic acids is 2. The molecule has 0 aromatic heterocycles. The summed E-state index contributed by atoms with van der Waals surface area (Å²) >= 11 is 0. The van der Waals surface area contributed by atoms with Gasteiger partial charge in [-0.2, -0.15) is 0 Å². The molecule has 0 saturated heterocycles. The summed E-state index contributed by atoms with van der Waals surface area (Å²) in [6, 6.07) is 9.96. The summed E-state index contributed by atoms with van der Waals surface area (Å²) in [5, 5.41) is 0. The van der Waals surface area contributed by atoms with E-state index in [1.807, 2.05) is 36.4 Å². The number of hydrogen-bond acceptors (Lipinski definition) is 6. The summed E-state index contributed by atoms with van der Waals surface area (Å²) in [4.78, 5) is 26.2. The van der Waals surface area contributed by atoms with Gasteiger partial charge in [0.2, 0.25) is 0 Å². The monoisotopic (exact) mass is 352 g/mol. The lowest BCUT2D eigenvalue weighted by atomic mass is 10.1. The first-order valence-corrected chi connectivity index (χ1v) is 10.2. The van der Waals surface area contributed by atoms with Crippen molar-refractivity contribution in [2.45, 2.75) is 0 Å². The van der Waals surface area contributed by atoms with Crippen LogP contribution in [0.3, 0.4) is 0 Å². The zero-order valence-corrected chi connectivity index (χ0v) is 14.3. The minimum Gasteiger partial charge on any atom is -0.465 e. The fraction of sp³-hybridized carbons (Fsp3) is 0.133. The minimum absolute atomic E-state index is 0.321. The van der Waals surface area contributed by atoms with Crippen molar-refractivity contribution in [1.29, 1.82) is 0 Å². The molecule has 4 nitrogen and oxygen atoms in total. The highest BCUT2D eigenvalue weighted by Crippen LogP contribution is 2.63. The van der Waals surface area contributed by atoms with E-state index in [0.29, 0.717) is 10.5 Å². The summed E-state index contributed by atoms with van der Waals surface area (Å²) in [6.45, 7) is 0. The molecule has 0 aliphatic carbocycles. The molecule has 0 fully saturated rings. The number of esters is 2. The first-order valence-electron chi connectivity index (χ1n) is 6.32. The van der Waals surface area contributed by atoms with E-state index in [0.717, 1.165) is 15.3 Å². The zero-order chi connectivity index (χ0) is 15.7. The Bertz CT molecular complexity index is 747. The van der Waals surface area contributed by atoms with Crippen molar-refractivity contribution in [2.24, 2.45) is 0 Å². The van der Waals surface area contributed by atoms with Crippen LogP contribution in [0.5, 0.6) is 0 Å². The third-order valence-corrected chi connectivity index (χ3v) is 9.36. The Kier molecular flexibility index (Phi) is 4.46. The van der Waals surface area contributed by atoms with Crippen molar-refractivity contribution in [1.82, 2.24) is 0 Å². The molecular formula is C15H12O4S3. The molecular weight excluding hydrogens is 340 g/mol. The van der Waals surface area contributed by atoms with Gasteiger partial charge in [0.25, 0.3) is 0 Å². The summed E-state index contributed by atoms with van der Waals surface area (Å²) < 4.78 is 9.61. The summed E-state index contributed by atoms with van der Waals surface area (Å²) in [6.07, 6.45) is 1.97. The van der Waals surface area contributed by atoms with E-state index in [1.54, 1.807) is 10.8 Å². The SMILES string of the molecule is COC(=O)C1=C(C(=O)OC)C2=S(SC(c3ccccc3)=C2)S1. The van der Waals surface area contributed by atoms with Gasteiger partial charge < -0.3 is 9.47 Å². The smallest absolute Gasteiger partial charge is 0.346 e. The number of ether oxygens (including phenoxy) is 2. The van der Waals surface area contributed by atoms with E-state index in [9.17, 15) is 9.59 Å². The quantitative estimate of drug-likeness (QED) is 0.472. The van der Waals surface area contributed by atoms with Crippen molar-refractivity contribution >= 4 is 51.8 Å². The molecule has 1 aromatic rings. The molecule has 1 atom stereocenters. The highest BCUT2D eigenvalue weighted by atomic mass is 33.5. The van der Waals surface area contributed by atoms with Gasteiger partial charge in [-0.25, -0.2) is 9.59 Å². The summed E-state index contributed by atoms with van der Waals surface area (Å²) in [5.41, 5.74) is 1.44. The Morgan fingerprint density at radius 3 is 2.32 bits per heavy atom. The largest absolute Gasteiger partial charge is 0.465 e. The van der Waals surface area contributed by atoms with Crippen molar-refractivity contribution in [3.8, 4) is 0 Å². The Hall–Kier alpha value is -1.44. The number of allylic oxidation sites excluding steroid dienone is 1. The van der Waals surface area contributed by atoms with Crippen molar-refractivity contribution < 1.29 is 19.1 Å². The van der Waals surface area contributed by atoms with Crippen molar-refractivity contribution in [3.05, 3.63) is 52.4 Å². The van der Waals surface area contributed by atoms with Gasteiger partial charge in [-0.15, -0.1) is 0 Å². The molecule has 0 spiro atoms. The van der Waals surface area contributed by atoms with E-state index >= 15 is 0 Å². The maximum Gasteiger partial charge on any atom is 0.346 e. The first-order chi connectivity index (χ1) is 10.7. The maximum absolute atomic E-state index is 12.1. The number of hydrogen-bond donors (Lipinski definition) is 0. The molecule has 3 rings (SSSR count). The third kappa shape index (κ3) is 2.64. The van der Waals surface area contributed by atoms with Crippen LogP contribution in [0.4, 0.5) is 0 Å². The molecule has 0 N–H and O–H groups in total. The van der Waals surface area contributed by atoms with Crippen LogP contribution in [-0.2, 0) is 19.1 Å². The molecule has 1 aromatic carbocycles. The topological polar surface area (TPSA) is 52.6 Å². The molecule has 0 saturated carbocycles. The average Bonchev–Trinajstić information content (AvgIpc) is 3.11. The average molecular weight is 352 g/mol. The predicted molar refractivity (Wildman–Crippen MR) is 93.3 cm³/mol. The van der Waals surface area contributed by atoms with Crippen LogP contribution in [0.15, 0.2) is 46.9 Å². The molecule has 0 bridgehead atoms. The molecule has 114 valence electrons. The Balaban J connectivity index is 2.00. The van der Waals surface area contributed by atoms with Crippen LogP contribution in [-0.4, -0.2) is 31.0 Å². The second kappa shape index (κ2) is 6.36. The lowest BCUT2D eigenvalue weighted by molar-refractivity contribution is -0.138. The molecule has 7 heteroatoms. The van der Waals surface area contributed by atoms with Gasteiger partial charge in [-0.05, 0) is 22.4 Å². The zero-order valence-electron chi connectivity index (χ0n) is 11.8. The lowest BCUT2D eigenvalue weighted by Gasteiger charge is -2.07. The van der Waals surface area contributed by atoms with E-state index in [2.05, 4.69) is 0 Å². The fourth-order valence-corrected chi connectivity index (χ4v) is 8.92. The summed E-state index contributed by atoms with van der Waals surface area (Å²) in [5.74, 6) is -0.987. The first kappa shape index (κ1) is 15.5. The molecule has 0 radical (unpaired) electrons. The number of methoxy groups -OCH3 is 2. The minimum atomic E-state index is -0.496. The lowest BCUT2D eigenvalue weighted by Crippen LogP contribution is -2.15. The highest BCUT2D eigenvalue weighted by molar-refractivity contribution is 9.18. The molecule has 2 aliphatic rings. The molecule has 2 heterocycles. The van der Waals surface area contributed by atoms with E-state index in [-0.39, 0.29) is 8.55 Å². The van der Waals surface area contributed by atoms with E-state index in [4.69, 9.17) is 9.47 Å². The molecule has 2 aliphatic heterocycles. The highest BCUT2D eigenvalue weighted by Gasteiger charge is 2.37. The van der Waals surface area contributed by atoms with E-state index < -0.39 is 11.9 Å². The second-order valence-corrected chi connectivity index (χ2v) is 10.1. The number of benzene rings is 1. The normalized spacial score (nSPS) is 19.8. The summed E-state index contributed by atoms with van der Waals surface area (Å²) in [7, 11) is 5.33. The Morgan fingerprint density at radius 1 is 1.00 bits per heavy atom. The predicted octanol–water partition coefficient (Wildman–Crippen LogP) is 3.39.